The van der Waals surface area contributed by atoms with Gasteiger partial charge in [0.05, 0.1) is 47.8 Å². The predicted octanol–water partition coefficient (Wildman–Crippen LogP) is -0.0789. The molecule has 0 saturated carbocycles. The van der Waals surface area contributed by atoms with E-state index >= 15 is 0 Å². The Bertz CT molecular complexity index is 2080. The number of nitrogens with zero attached hydrogens (tertiary/aromatic N) is 6. The first-order valence-corrected chi connectivity index (χ1v) is 17.3. The third-order valence-electron chi connectivity index (χ3n) is 8.03. The molecule has 5 heterocycles. The maximum atomic E-state index is 13.0. The van der Waals surface area contributed by atoms with Crippen molar-refractivity contribution in [2.75, 3.05) is 18.9 Å². The van der Waals surface area contributed by atoms with E-state index in [9.17, 15) is 33.0 Å². The molecule has 262 valence electrons. The summed E-state index contributed by atoms with van der Waals surface area (Å²) in [5, 5.41) is 24.7. The third kappa shape index (κ3) is 7.52. The van der Waals surface area contributed by atoms with E-state index in [2.05, 4.69) is 41.2 Å². The number of carbonyl (C=O) groups excluding carboxylic acids is 2. The van der Waals surface area contributed by atoms with Gasteiger partial charge in [0, 0.05) is 10.9 Å². The van der Waals surface area contributed by atoms with Crippen LogP contribution in [0.1, 0.15) is 25.5 Å². The highest BCUT2D eigenvalue weighted by Gasteiger charge is 2.45. The second-order valence-corrected chi connectivity index (χ2v) is 13.9. The molecule has 6 N–H and O–H groups in total. The van der Waals surface area contributed by atoms with Crippen molar-refractivity contribution in [1.29, 1.82) is 0 Å². The maximum absolute atomic E-state index is 13.0. The highest BCUT2D eigenvalue weighted by molar-refractivity contribution is 9.10. The van der Waals surface area contributed by atoms with Crippen molar-refractivity contribution in [3.63, 3.8) is 0 Å². The number of amides is 1. The molecule has 0 radical (unpaired) electrons. The molecule has 22 heteroatoms. The van der Waals surface area contributed by atoms with Crippen LogP contribution in [0.4, 0.5) is 10.6 Å². The number of rotatable bonds is 10. The molecule has 4 aromatic rings. The Morgan fingerprint density at radius 1 is 1.18 bits per heavy atom. The summed E-state index contributed by atoms with van der Waals surface area (Å²) in [6.45, 7) is -0.578. The summed E-state index contributed by atoms with van der Waals surface area (Å²) in [7, 11) is -4.78. The van der Waals surface area contributed by atoms with E-state index in [1.165, 1.54) is 29.6 Å². The van der Waals surface area contributed by atoms with Gasteiger partial charge in [-0.2, -0.15) is 13.1 Å². The van der Waals surface area contributed by atoms with Gasteiger partial charge in [-0.3, -0.25) is 22.9 Å². The minimum Gasteiger partial charge on any atom is -0.444 e. The van der Waals surface area contributed by atoms with Crippen LogP contribution in [-0.2, 0) is 35.3 Å². The Morgan fingerprint density at radius 2 is 1.98 bits per heavy atom. The molecule has 0 aliphatic carbocycles. The number of hydrogen-bond acceptors (Lipinski definition) is 16. The largest absolute Gasteiger partial charge is 0.444 e. The minimum atomic E-state index is -4.78. The van der Waals surface area contributed by atoms with Crippen molar-refractivity contribution in [1.82, 2.24) is 39.1 Å². The molecular formula is C27H29BrClN9O10S. The lowest BCUT2D eigenvalue weighted by Crippen LogP contribution is -2.50. The topological polar surface area (TPSA) is 265 Å². The lowest BCUT2D eigenvalue weighted by Gasteiger charge is -2.31. The number of halogens is 2. The molecule has 6 rings (SSSR count). The molecule has 0 unspecified atom stereocenters. The lowest BCUT2D eigenvalue weighted by atomic mass is 9.96. The van der Waals surface area contributed by atoms with Crippen LogP contribution in [0.15, 0.2) is 40.4 Å². The number of nitrogen functional groups attached to an aromatic ring is 1. The molecule has 3 aromatic heterocycles. The first-order valence-electron chi connectivity index (χ1n) is 14.7. The van der Waals surface area contributed by atoms with Crippen LogP contribution in [0, 0.1) is 0 Å². The molecule has 19 nitrogen and oxygen atoms in total. The van der Waals surface area contributed by atoms with Crippen LogP contribution in [0.25, 0.3) is 22.1 Å². The summed E-state index contributed by atoms with van der Waals surface area (Å²) in [5.74, 6) is -0.288. The zero-order valence-corrected chi connectivity index (χ0v) is 28.3. The number of ether oxygens (including phenoxy) is 2. The van der Waals surface area contributed by atoms with Crippen LogP contribution in [0.5, 0.6) is 0 Å². The smallest absolute Gasteiger partial charge is 0.423 e. The van der Waals surface area contributed by atoms with Gasteiger partial charge in [0.15, 0.2) is 23.5 Å². The average Bonchev–Trinajstić information content (AvgIpc) is 3.60. The number of aliphatic hydroxyl groups is 2. The van der Waals surface area contributed by atoms with Gasteiger partial charge in [0.25, 0.3) is 5.56 Å². The van der Waals surface area contributed by atoms with E-state index in [1.807, 2.05) is 0 Å². The molecule has 1 amide bonds. The van der Waals surface area contributed by atoms with E-state index in [0.717, 1.165) is 4.57 Å². The minimum absolute atomic E-state index is 0.0814. The van der Waals surface area contributed by atoms with Crippen molar-refractivity contribution in [3.05, 3.63) is 51.0 Å². The third-order valence-corrected chi connectivity index (χ3v) is 10.1. The van der Waals surface area contributed by atoms with Crippen LogP contribution >= 0.6 is 27.5 Å². The second kappa shape index (κ2) is 14.2. The number of piperidine rings is 1. The quantitative estimate of drug-likeness (QED) is 0.141. The highest BCUT2D eigenvalue weighted by Crippen LogP contribution is 2.32. The zero-order chi connectivity index (χ0) is 35.0. The Hall–Kier alpha value is -3.83. The summed E-state index contributed by atoms with van der Waals surface area (Å²) < 4.78 is 45.7. The summed E-state index contributed by atoms with van der Waals surface area (Å²) in [5.41, 5.74) is 6.16. The number of hydrogen-bond donors (Lipinski definition) is 5. The van der Waals surface area contributed by atoms with E-state index < -0.39 is 65.2 Å². The van der Waals surface area contributed by atoms with Gasteiger partial charge in [0.1, 0.15) is 36.3 Å². The van der Waals surface area contributed by atoms with E-state index in [-0.39, 0.29) is 41.1 Å². The average molecular weight is 787 g/mol. The van der Waals surface area contributed by atoms with Gasteiger partial charge in [-0.25, -0.2) is 24.7 Å². The monoisotopic (exact) mass is 785 g/mol. The number of aromatic nitrogens is 6. The van der Waals surface area contributed by atoms with Crippen LogP contribution in [0.3, 0.4) is 0 Å². The van der Waals surface area contributed by atoms with Crippen molar-refractivity contribution >= 4 is 77.6 Å². The fourth-order valence-electron chi connectivity index (χ4n) is 5.64. The predicted molar refractivity (Wildman–Crippen MR) is 173 cm³/mol. The number of carbonyl (C=O) groups is 2. The van der Waals surface area contributed by atoms with Crippen molar-refractivity contribution in [3.8, 4) is 0 Å². The van der Waals surface area contributed by atoms with Gasteiger partial charge >= 0.3 is 16.4 Å². The molecule has 0 bridgehead atoms. The zero-order valence-electron chi connectivity index (χ0n) is 25.2. The van der Waals surface area contributed by atoms with Crippen LogP contribution < -0.4 is 21.3 Å². The van der Waals surface area contributed by atoms with Crippen molar-refractivity contribution in [2.45, 2.75) is 62.5 Å². The van der Waals surface area contributed by atoms with Gasteiger partial charge in [-0.1, -0.05) is 11.6 Å². The number of fused-ring (bicyclic) bond motifs is 2. The Morgan fingerprint density at radius 3 is 2.78 bits per heavy atom. The van der Waals surface area contributed by atoms with Gasteiger partial charge in [0.2, 0.25) is 0 Å². The fraction of sp³-hybridized carbons (Fsp3) is 0.444. The normalized spacial score (nSPS) is 24.3. The standard InChI is InChI=1S/C27H29BrClN9O10S/c28-14-6-16-13(5-15(14)29)25(42)37(10-34-16)7-12(39)4-17-18(2-1-3-31-17)48-27(43)36-49(44,45)46-8-19-21(40)22(41)26(47-19)38-11-35-20-23(30)32-9-33-24(20)38/h5-6,9-11,17-19,21-22,26,31,40-41H,1-4,7-8H2,(H,36,43)(H2,30,32,33)/t17-,18+,19-,21-,22-,26-/m1/s1. The molecule has 2 aliphatic rings. The first kappa shape index (κ1) is 35.0. The molecule has 2 saturated heterocycles. The Kier molecular flexibility index (Phi) is 10.1. The summed E-state index contributed by atoms with van der Waals surface area (Å²) in [4.78, 5) is 54.7. The number of nitrogens with two attached hydrogens (primary N) is 1. The number of nitrogens with one attached hydrogen (secondary N) is 2. The number of aliphatic hydroxyl groups excluding tert-OH is 2. The molecule has 1 aromatic carbocycles. The number of imidazole rings is 1. The van der Waals surface area contributed by atoms with Gasteiger partial charge in [-0.15, -0.1) is 0 Å². The number of Topliss-reactive ketones (excluding diaryl/α,β-unsaturated/α-hetero) is 1. The number of benzene rings is 1. The number of ketones is 1. The highest BCUT2D eigenvalue weighted by atomic mass is 79.9. The summed E-state index contributed by atoms with van der Waals surface area (Å²) >= 11 is 9.40. The summed E-state index contributed by atoms with van der Waals surface area (Å²) in [6, 6.07) is 2.38. The summed E-state index contributed by atoms with van der Waals surface area (Å²) in [6.07, 6.45) is -3.48. The SMILES string of the molecule is Nc1ncnc2c1ncn2[C@@H]1O[C@H](COS(=O)(=O)NC(=O)O[C@H]2CCCN[C@@H]2CC(=O)Cn2cnc3cc(Br)c(Cl)cc3c2=O)[C@@H](O)[C@H]1O. The second-order valence-electron chi connectivity index (χ2n) is 11.3. The molecule has 49 heavy (non-hydrogen) atoms. The van der Waals surface area contributed by atoms with E-state index in [0.29, 0.717) is 34.4 Å². The van der Waals surface area contributed by atoms with E-state index in [4.69, 9.17) is 31.0 Å². The van der Waals surface area contributed by atoms with Gasteiger partial charge in [-0.05, 0) is 47.4 Å². The fourth-order valence-corrected chi connectivity index (χ4v) is 6.76. The molecule has 2 fully saturated rings. The van der Waals surface area contributed by atoms with Gasteiger partial charge < -0.3 is 30.7 Å². The van der Waals surface area contributed by atoms with Crippen molar-refractivity contribution in [2.24, 2.45) is 0 Å². The maximum Gasteiger partial charge on any atom is 0.423 e. The molecule has 2 aliphatic heterocycles. The molecular weight excluding hydrogens is 758 g/mol. The first-order chi connectivity index (χ1) is 23.3. The lowest BCUT2D eigenvalue weighted by molar-refractivity contribution is -0.121. The van der Waals surface area contributed by atoms with Crippen molar-refractivity contribution < 1.29 is 41.9 Å². The Balaban J connectivity index is 1.03. The number of anilines is 1. The van der Waals surface area contributed by atoms with E-state index in [1.54, 1.807) is 10.8 Å². The molecule has 0 spiro atoms. The Labute approximate surface area is 290 Å². The molecule has 6 atom stereocenters. The van der Waals surface area contributed by atoms with Crippen LogP contribution in [-0.4, -0.2) is 103 Å². The van der Waals surface area contributed by atoms with Crippen LogP contribution in [0.2, 0.25) is 5.02 Å².